The molecular weight excluding hydrogens is 338 g/mol. The molecule has 0 aliphatic carbocycles. The molecule has 0 aliphatic heterocycles. The molecule has 0 atom stereocenters. The summed E-state index contributed by atoms with van der Waals surface area (Å²) >= 11 is 0. The molecule has 2 aromatic rings. The van der Waals surface area contributed by atoms with Gasteiger partial charge in [0.15, 0.2) is 0 Å². The zero-order valence-electron chi connectivity index (χ0n) is 15.8. The second-order valence-electron chi connectivity index (χ2n) is 4.53. The summed E-state index contributed by atoms with van der Waals surface area (Å²) in [5.41, 5.74) is 2.42. The summed E-state index contributed by atoms with van der Waals surface area (Å²) in [6.45, 7) is 11.8. The number of benzene rings is 2. The average molecular weight is 368 g/mol. The van der Waals surface area contributed by atoms with E-state index >= 15 is 0 Å². The summed E-state index contributed by atoms with van der Waals surface area (Å²) in [5, 5.41) is 13.4. The fourth-order valence-corrected chi connectivity index (χ4v) is 1.94. The molecule has 2 rings (SSSR count). The van der Waals surface area contributed by atoms with E-state index in [-0.39, 0.29) is 4.90 Å². The highest BCUT2D eigenvalue weighted by Gasteiger charge is 2.04. The monoisotopic (exact) mass is 367 g/mol. The predicted molar refractivity (Wildman–Crippen MR) is 103 cm³/mol. The van der Waals surface area contributed by atoms with Crippen molar-refractivity contribution in [3.8, 4) is 0 Å². The van der Waals surface area contributed by atoms with Crippen LogP contribution in [0.15, 0.2) is 53.4 Å². The van der Waals surface area contributed by atoms with Crippen molar-refractivity contribution in [2.75, 3.05) is 0 Å². The minimum atomic E-state index is -3.52. The molecule has 0 unspecified atom stereocenters. The highest BCUT2D eigenvalue weighted by Crippen LogP contribution is 2.06. The lowest BCUT2D eigenvalue weighted by atomic mass is 10.2. The van der Waals surface area contributed by atoms with Crippen LogP contribution in [0.5, 0.6) is 0 Å². The highest BCUT2D eigenvalue weighted by atomic mass is 32.2. The van der Waals surface area contributed by atoms with Gasteiger partial charge in [0.1, 0.15) is 0 Å². The van der Waals surface area contributed by atoms with Gasteiger partial charge in [0, 0.05) is 0 Å². The molecular formula is C19H29NO4S. The number of rotatable bonds is 2. The Kier molecular flexibility index (Phi) is 13.2. The SMILES string of the molecule is CC.CC.Cc1ccc(C(=O)O)cc1.Cc1ccc(S(N)(=O)=O)cc1. The quantitative estimate of drug-likeness (QED) is 0.822. The number of carboxylic acid groups (broad SMARTS) is 1. The van der Waals surface area contributed by atoms with E-state index in [9.17, 15) is 13.2 Å². The van der Waals surface area contributed by atoms with Crippen molar-refractivity contribution in [2.24, 2.45) is 5.14 Å². The molecule has 0 amide bonds. The van der Waals surface area contributed by atoms with Crippen LogP contribution in [0.2, 0.25) is 0 Å². The van der Waals surface area contributed by atoms with Gasteiger partial charge >= 0.3 is 5.97 Å². The second kappa shape index (κ2) is 13.1. The molecule has 0 radical (unpaired) electrons. The number of hydrogen-bond donors (Lipinski definition) is 2. The van der Waals surface area contributed by atoms with Crippen molar-refractivity contribution >= 4 is 16.0 Å². The first-order valence-corrected chi connectivity index (χ1v) is 9.64. The van der Waals surface area contributed by atoms with Gasteiger partial charge in [-0.2, -0.15) is 0 Å². The van der Waals surface area contributed by atoms with Gasteiger partial charge in [-0.25, -0.2) is 18.4 Å². The lowest BCUT2D eigenvalue weighted by Crippen LogP contribution is -2.11. The maximum atomic E-state index is 10.7. The van der Waals surface area contributed by atoms with E-state index < -0.39 is 16.0 Å². The Hall–Kier alpha value is -2.18. The van der Waals surface area contributed by atoms with Crippen molar-refractivity contribution in [2.45, 2.75) is 46.4 Å². The number of carboxylic acids is 1. The van der Waals surface area contributed by atoms with E-state index in [1.807, 2.05) is 41.5 Å². The molecule has 140 valence electrons. The van der Waals surface area contributed by atoms with E-state index in [4.69, 9.17) is 10.2 Å². The zero-order chi connectivity index (χ0) is 20.0. The molecule has 0 heterocycles. The van der Waals surface area contributed by atoms with E-state index in [1.165, 1.54) is 12.1 Å². The van der Waals surface area contributed by atoms with Crippen molar-refractivity contribution in [1.29, 1.82) is 0 Å². The standard InChI is InChI=1S/C8H8O2.C7H9NO2S.2C2H6/c1-6-2-4-7(5-3-6)8(9)10;1-6-2-4-7(5-3-6)11(8,9)10;2*1-2/h2-5H,1H3,(H,9,10);2-5H,1H3,(H2,8,9,10);2*1-2H3. The molecule has 2 aromatic carbocycles. The van der Waals surface area contributed by atoms with Crippen LogP contribution in [-0.2, 0) is 10.0 Å². The molecule has 0 fully saturated rings. The number of aryl methyl sites for hydroxylation is 2. The normalized spacial score (nSPS) is 9.24. The number of carbonyl (C=O) groups is 1. The Labute approximate surface area is 151 Å². The van der Waals surface area contributed by atoms with Gasteiger partial charge in [-0.1, -0.05) is 63.1 Å². The van der Waals surface area contributed by atoms with E-state index in [0.717, 1.165) is 11.1 Å². The van der Waals surface area contributed by atoms with Gasteiger partial charge in [-0.05, 0) is 38.1 Å². The van der Waals surface area contributed by atoms with Gasteiger partial charge < -0.3 is 5.11 Å². The maximum absolute atomic E-state index is 10.7. The average Bonchev–Trinajstić information content (AvgIpc) is 2.59. The Morgan fingerprint density at radius 2 is 1.12 bits per heavy atom. The predicted octanol–water partition coefficient (Wildman–Crippen LogP) is 4.39. The van der Waals surface area contributed by atoms with Crippen LogP contribution in [-0.4, -0.2) is 19.5 Å². The molecule has 5 nitrogen and oxygen atoms in total. The van der Waals surface area contributed by atoms with Crippen molar-refractivity contribution in [3.63, 3.8) is 0 Å². The topological polar surface area (TPSA) is 97.5 Å². The van der Waals surface area contributed by atoms with Crippen LogP contribution in [0.3, 0.4) is 0 Å². The van der Waals surface area contributed by atoms with E-state index in [2.05, 4.69) is 0 Å². The summed E-state index contributed by atoms with van der Waals surface area (Å²) in [5.74, 6) is -0.875. The Morgan fingerprint density at radius 3 is 1.40 bits per heavy atom. The van der Waals surface area contributed by atoms with Gasteiger partial charge in [0.2, 0.25) is 10.0 Å². The first kappa shape index (κ1) is 25.1. The van der Waals surface area contributed by atoms with Crippen LogP contribution in [0.25, 0.3) is 0 Å². The fourth-order valence-electron chi connectivity index (χ4n) is 1.42. The summed E-state index contributed by atoms with van der Waals surface area (Å²) in [6, 6.07) is 13.1. The van der Waals surface area contributed by atoms with Gasteiger partial charge in [-0.15, -0.1) is 0 Å². The van der Waals surface area contributed by atoms with Crippen LogP contribution in [0.1, 0.15) is 49.2 Å². The maximum Gasteiger partial charge on any atom is 0.335 e. The van der Waals surface area contributed by atoms with E-state index in [1.54, 1.807) is 36.4 Å². The summed E-state index contributed by atoms with van der Waals surface area (Å²) in [6.07, 6.45) is 0. The summed E-state index contributed by atoms with van der Waals surface area (Å²) in [4.78, 5) is 10.5. The van der Waals surface area contributed by atoms with Crippen LogP contribution in [0, 0.1) is 13.8 Å². The highest BCUT2D eigenvalue weighted by molar-refractivity contribution is 7.89. The number of primary sulfonamides is 1. The van der Waals surface area contributed by atoms with Crippen LogP contribution < -0.4 is 5.14 Å². The number of sulfonamides is 1. The molecule has 0 saturated carbocycles. The molecule has 0 aromatic heterocycles. The van der Waals surface area contributed by atoms with Crippen LogP contribution >= 0.6 is 0 Å². The summed E-state index contributed by atoms with van der Waals surface area (Å²) < 4.78 is 21.4. The first-order chi connectivity index (χ1) is 11.7. The van der Waals surface area contributed by atoms with Crippen molar-refractivity contribution < 1.29 is 18.3 Å². The third kappa shape index (κ3) is 11.1. The zero-order valence-corrected chi connectivity index (χ0v) is 16.6. The molecule has 0 bridgehead atoms. The minimum absolute atomic E-state index is 0.156. The van der Waals surface area contributed by atoms with Gasteiger partial charge in [0.25, 0.3) is 0 Å². The third-order valence-corrected chi connectivity index (χ3v) is 3.58. The van der Waals surface area contributed by atoms with Gasteiger partial charge in [0.05, 0.1) is 10.5 Å². The lowest BCUT2D eigenvalue weighted by Gasteiger charge is -1.96. The number of nitrogens with two attached hydrogens (primary N) is 1. The first-order valence-electron chi connectivity index (χ1n) is 8.09. The van der Waals surface area contributed by atoms with Crippen molar-refractivity contribution in [3.05, 3.63) is 65.2 Å². The third-order valence-electron chi connectivity index (χ3n) is 2.65. The number of aromatic carboxylic acids is 1. The summed E-state index contributed by atoms with van der Waals surface area (Å²) in [7, 11) is -3.52. The Morgan fingerprint density at radius 1 is 0.800 bits per heavy atom. The Balaban J connectivity index is 0. The molecule has 3 N–H and O–H groups in total. The van der Waals surface area contributed by atoms with Crippen molar-refractivity contribution in [1.82, 2.24) is 0 Å². The molecule has 0 saturated heterocycles. The Bertz CT molecular complexity index is 706. The largest absolute Gasteiger partial charge is 0.478 e. The molecule has 0 aliphatic rings. The van der Waals surface area contributed by atoms with Gasteiger partial charge in [-0.3, -0.25) is 0 Å². The lowest BCUT2D eigenvalue weighted by molar-refractivity contribution is 0.0697. The minimum Gasteiger partial charge on any atom is -0.478 e. The fraction of sp³-hybridized carbons (Fsp3) is 0.316. The molecule has 0 spiro atoms. The smallest absolute Gasteiger partial charge is 0.335 e. The second-order valence-corrected chi connectivity index (χ2v) is 6.09. The van der Waals surface area contributed by atoms with Crippen LogP contribution in [0.4, 0.5) is 0 Å². The molecule has 6 heteroatoms. The number of hydrogen-bond acceptors (Lipinski definition) is 3. The van der Waals surface area contributed by atoms with E-state index in [0.29, 0.717) is 5.56 Å². The molecule has 25 heavy (non-hydrogen) atoms.